The zero-order valence-electron chi connectivity index (χ0n) is 16.5. The number of nitrogens with zero attached hydrogens (tertiary/aromatic N) is 2. The lowest BCUT2D eigenvalue weighted by atomic mass is 10.1. The van der Waals surface area contributed by atoms with Crippen LogP contribution in [0.25, 0.3) is 0 Å². The number of ether oxygens (including phenoxy) is 2. The first kappa shape index (κ1) is 21.5. The Morgan fingerprint density at radius 1 is 0.833 bits per heavy atom. The fraction of sp³-hybridized carbons (Fsp3) is 0.333. The van der Waals surface area contributed by atoms with Crippen molar-refractivity contribution in [3.63, 3.8) is 0 Å². The molecule has 0 unspecified atom stereocenters. The molecule has 1 saturated heterocycles. The summed E-state index contributed by atoms with van der Waals surface area (Å²) in [4.78, 5) is 28.4. The predicted molar refractivity (Wildman–Crippen MR) is 103 cm³/mol. The number of halogens is 3. The Labute approximate surface area is 171 Å². The number of benzene rings is 2. The van der Waals surface area contributed by atoms with Gasteiger partial charge in [-0.2, -0.15) is 13.2 Å². The number of carbonyl (C=O) groups excluding carboxylic acids is 2. The maximum atomic E-state index is 13.2. The SMILES string of the molecule is COc1ccc(C(=O)N2CCN(C(=O)c3ccccc3C(F)(F)F)CC2)c(OC)c1. The number of carbonyl (C=O) groups is 2. The fourth-order valence-electron chi connectivity index (χ4n) is 3.35. The van der Waals surface area contributed by atoms with Crippen molar-refractivity contribution in [2.24, 2.45) is 0 Å². The zero-order valence-corrected chi connectivity index (χ0v) is 16.5. The normalized spacial score (nSPS) is 14.4. The molecule has 0 aromatic heterocycles. The molecular weight excluding hydrogens is 401 g/mol. The summed E-state index contributed by atoms with van der Waals surface area (Å²) in [7, 11) is 2.95. The van der Waals surface area contributed by atoms with Gasteiger partial charge in [-0.25, -0.2) is 0 Å². The van der Waals surface area contributed by atoms with Crippen molar-refractivity contribution in [2.75, 3.05) is 40.4 Å². The first-order valence-corrected chi connectivity index (χ1v) is 9.23. The lowest BCUT2D eigenvalue weighted by Gasteiger charge is -2.35. The highest BCUT2D eigenvalue weighted by Crippen LogP contribution is 2.32. The van der Waals surface area contributed by atoms with Gasteiger partial charge in [0.1, 0.15) is 11.5 Å². The van der Waals surface area contributed by atoms with Crippen LogP contribution in [0.15, 0.2) is 42.5 Å². The molecule has 0 atom stereocenters. The second-order valence-electron chi connectivity index (χ2n) is 6.69. The molecule has 2 aromatic carbocycles. The summed E-state index contributed by atoms with van der Waals surface area (Å²) in [5.74, 6) is -0.0755. The molecule has 160 valence electrons. The van der Waals surface area contributed by atoms with Crippen LogP contribution in [0, 0.1) is 0 Å². The maximum absolute atomic E-state index is 13.2. The molecule has 3 rings (SSSR count). The van der Waals surface area contributed by atoms with Crippen LogP contribution in [0.3, 0.4) is 0 Å². The van der Waals surface area contributed by atoms with Crippen molar-refractivity contribution in [1.82, 2.24) is 9.80 Å². The summed E-state index contributed by atoms with van der Waals surface area (Å²) in [6.45, 7) is 0.673. The first-order valence-electron chi connectivity index (χ1n) is 9.23. The van der Waals surface area contributed by atoms with E-state index < -0.39 is 17.6 Å². The van der Waals surface area contributed by atoms with E-state index in [4.69, 9.17) is 9.47 Å². The van der Waals surface area contributed by atoms with E-state index in [9.17, 15) is 22.8 Å². The van der Waals surface area contributed by atoms with E-state index in [1.54, 1.807) is 23.1 Å². The van der Waals surface area contributed by atoms with E-state index in [1.807, 2.05) is 0 Å². The summed E-state index contributed by atoms with van der Waals surface area (Å²) >= 11 is 0. The van der Waals surface area contributed by atoms with Gasteiger partial charge in [0.05, 0.1) is 30.9 Å². The lowest BCUT2D eigenvalue weighted by molar-refractivity contribution is -0.138. The summed E-state index contributed by atoms with van der Waals surface area (Å²) in [5.41, 5.74) is -1.00. The second-order valence-corrected chi connectivity index (χ2v) is 6.69. The highest BCUT2D eigenvalue weighted by molar-refractivity contribution is 5.98. The summed E-state index contributed by atoms with van der Waals surface area (Å²) < 4.78 is 50.0. The molecule has 6 nitrogen and oxygen atoms in total. The minimum absolute atomic E-state index is 0.134. The third-order valence-electron chi connectivity index (χ3n) is 4.96. The van der Waals surface area contributed by atoms with Gasteiger partial charge in [0.25, 0.3) is 11.8 Å². The number of hydrogen-bond acceptors (Lipinski definition) is 4. The molecular formula is C21H21F3N2O4. The fourth-order valence-corrected chi connectivity index (χ4v) is 3.35. The molecule has 9 heteroatoms. The Morgan fingerprint density at radius 3 is 1.93 bits per heavy atom. The van der Waals surface area contributed by atoms with Crippen molar-refractivity contribution < 1.29 is 32.2 Å². The van der Waals surface area contributed by atoms with E-state index >= 15 is 0 Å². The van der Waals surface area contributed by atoms with Crippen LogP contribution in [0.1, 0.15) is 26.3 Å². The highest BCUT2D eigenvalue weighted by atomic mass is 19.4. The minimum Gasteiger partial charge on any atom is -0.497 e. The van der Waals surface area contributed by atoms with Gasteiger partial charge in [0.15, 0.2) is 0 Å². The van der Waals surface area contributed by atoms with E-state index in [0.29, 0.717) is 17.1 Å². The monoisotopic (exact) mass is 422 g/mol. The molecule has 0 bridgehead atoms. The molecule has 30 heavy (non-hydrogen) atoms. The molecule has 1 heterocycles. The number of alkyl halides is 3. The number of amides is 2. The molecule has 2 aromatic rings. The Hall–Kier alpha value is -3.23. The van der Waals surface area contributed by atoms with Crippen molar-refractivity contribution in [3.8, 4) is 11.5 Å². The van der Waals surface area contributed by atoms with Gasteiger partial charge in [-0.05, 0) is 24.3 Å². The average Bonchev–Trinajstić information content (AvgIpc) is 2.77. The van der Waals surface area contributed by atoms with Gasteiger partial charge < -0.3 is 19.3 Å². The third-order valence-corrected chi connectivity index (χ3v) is 4.96. The van der Waals surface area contributed by atoms with E-state index in [-0.39, 0.29) is 37.6 Å². The highest BCUT2D eigenvalue weighted by Gasteiger charge is 2.36. The quantitative estimate of drug-likeness (QED) is 0.759. The Balaban J connectivity index is 1.71. The molecule has 0 saturated carbocycles. The van der Waals surface area contributed by atoms with Gasteiger partial charge in [-0.15, -0.1) is 0 Å². The topological polar surface area (TPSA) is 59.1 Å². The average molecular weight is 422 g/mol. The van der Waals surface area contributed by atoms with Crippen LogP contribution in [0.5, 0.6) is 11.5 Å². The van der Waals surface area contributed by atoms with Crippen LogP contribution in [0.4, 0.5) is 13.2 Å². The van der Waals surface area contributed by atoms with Gasteiger partial charge in [-0.3, -0.25) is 9.59 Å². The smallest absolute Gasteiger partial charge is 0.417 e. The van der Waals surface area contributed by atoms with Crippen LogP contribution in [-0.4, -0.2) is 62.0 Å². The molecule has 0 N–H and O–H groups in total. The number of piperazine rings is 1. The van der Waals surface area contributed by atoms with E-state index in [2.05, 4.69) is 0 Å². The van der Waals surface area contributed by atoms with Gasteiger partial charge in [-0.1, -0.05) is 12.1 Å². The van der Waals surface area contributed by atoms with Gasteiger partial charge >= 0.3 is 6.18 Å². The third kappa shape index (κ3) is 4.34. The molecule has 2 amide bonds. The number of hydrogen-bond donors (Lipinski definition) is 0. The van der Waals surface area contributed by atoms with Crippen LogP contribution >= 0.6 is 0 Å². The van der Waals surface area contributed by atoms with Crippen LogP contribution in [-0.2, 0) is 6.18 Å². The molecule has 1 fully saturated rings. The van der Waals surface area contributed by atoms with Crippen molar-refractivity contribution >= 4 is 11.8 Å². The molecule has 0 spiro atoms. The largest absolute Gasteiger partial charge is 0.497 e. The zero-order chi connectivity index (χ0) is 21.9. The minimum atomic E-state index is -4.62. The van der Waals surface area contributed by atoms with Crippen LogP contribution in [0.2, 0.25) is 0 Å². The van der Waals surface area contributed by atoms with Crippen LogP contribution < -0.4 is 9.47 Å². The number of rotatable bonds is 4. The second kappa shape index (κ2) is 8.64. The standard InChI is InChI=1S/C21H21F3N2O4/c1-29-14-7-8-16(18(13-14)30-2)20(28)26-11-9-25(10-12-26)19(27)15-5-3-4-6-17(15)21(22,23)24/h3-8,13H,9-12H2,1-2H3. The number of methoxy groups -OCH3 is 2. The van der Waals surface area contributed by atoms with Crippen molar-refractivity contribution in [3.05, 3.63) is 59.2 Å². The summed E-state index contributed by atoms with van der Waals surface area (Å²) in [6, 6.07) is 9.55. The molecule has 0 aliphatic carbocycles. The van der Waals surface area contributed by atoms with Crippen molar-refractivity contribution in [2.45, 2.75) is 6.18 Å². The predicted octanol–water partition coefficient (Wildman–Crippen LogP) is 3.32. The van der Waals surface area contributed by atoms with E-state index in [0.717, 1.165) is 6.07 Å². The maximum Gasteiger partial charge on any atom is 0.417 e. The molecule has 1 aliphatic rings. The Kier molecular flexibility index (Phi) is 6.19. The van der Waals surface area contributed by atoms with Gasteiger partial charge in [0.2, 0.25) is 0 Å². The van der Waals surface area contributed by atoms with E-state index in [1.165, 1.54) is 37.3 Å². The molecule has 1 aliphatic heterocycles. The Bertz CT molecular complexity index is 938. The first-order chi connectivity index (χ1) is 14.3. The van der Waals surface area contributed by atoms with Crippen molar-refractivity contribution in [1.29, 1.82) is 0 Å². The lowest BCUT2D eigenvalue weighted by Crippen LogP contribution is -2.50. The summed E-state index contributed by atoms with van der Waals surface area (Å²) in [5, 5.41) is 0. The Morgan fingerprint density at radius 2 is 1.40 bits per heavy atom. The molecule has 0 radical (unpaired) electrons. The van der Waals surface area contributed by atoms with Gasteiger partial charge in [0, 0.05) is 32.2 Å². The summed E-state index contributed by atoms with van der Waals surface area (Å²) in [6.07, 6.45) is -4.62.